The van der Waals surface area contributed by atoms with E-state index >= 15 is 0 Å². The van der Waals surface area contributed by atoms with E-state index in [-0.39, 0.29) is 43.1 Å². The number of fused-ring (bicyclic) bond motifs is 1. The molecule has 1 fully saturated rings. The quantitative estimate of drug-likeness (QED) is 0.308. The number of nitrogens with zero attached hydrogens (tertiary/aromatic N) is 2. The van der Waals surface area contributed by atoms with Crippen molar-refractivity contribution in [1.82, 2.24) is 15.5 Å². The van der Waals surface area contributed by atoms with Crippen LogP contribution in [-0.4, -0.2) is 57.0 Å². The van der Waals surface area contributed by atoms with Crippen LogP contribution in [0.3, 0.4) is 0 Å². The van der Waals surface area contributed by atoms with E-state index < -0.39 is 6.61 Å². The van der Waals surface area contributed by atoms with Crippen molar-refractivity contribution in [2.75, 3.05) is 33.5 Å². The van der Waals surface area contributed by atoms with Gasteiger partial charge in [0, 0.05) is 37.8 Å². The van der Waals surface area contributed by atoms with Crippen LogP contribution < -0.4 is 24.8 Å². The Hall–Kier alpha value is -1.56. The Bertz CT molecular complexity index is 688. The maximum atomic E-state index is 12.8. The molecule has 0 saturated carbocycles. The lowest BCUT2D eigenvalue weighted by atomic mass is 10.1. The topological polar surface area (TPSA) is 67.4 Å². The summed E-state index contributed by atoms with van der Waals surface area (Å²) in [5.74, 6) is 1.59. The minimum Gasteiger partial charge on any atom is -0.454 e. The number of hydrogen-bond donors (Lipinski definition) is 2. The first kappa shape index (κ1) is 23.7. The molecule has 0 radical (unpaired) electrons. The van der Waals surface area contributed by atoms with Gasteiger partial charge >= 0.3 is 6.61 Å². The van der Waals surface area contributed by atoms with Crippen molar-refractivity contribution in [2.24, 2.45) is 4.99 Å². The summed E-state index contributed by atoms with van der Waals surface area (Å²) in [4.78, 5) is 6.72. The molecule has 2 aliphatic heterocycles. The van der Waals surface area contributed by atoms with Crippen molar-refractivity contribution >= 4 is 29.9 Å². The Balaban J connectivity index is 0.00000300. The summed E-state index contributed by atoms with van der Waals surface area (Å²) in [5, 5.41) is 6.49. The zero-order valence-electron chi connectivity index (χ0n) is 16.7. The van der Waals surface area contributed by atoms with Gasteiger partial charge in [0.25, 0.3) is 0 Å². The highest BCUT2D eigenvalue weighted by atomic mass is 127. The summed E-state index contributed by atoms with van der Waals surface area (Å²) >= 11 is 0. The number of nitrogens with one attached hydrogen (secondary N) is 2. The van der Waals surface area contributed by atoms with Crippen LogP contribution in [-0.2, 0) is 6.54 Å². The minimum atomic E-state index is -2.91. The van der Waals surface area contributed by atoms with E-state index in [0.29, 0.717) is 29.1 Å². The molecule has 3 rings (SSSR count). The zero-order chi connectivity index (χ0) is 19.9. The monoisotopic (exact) mass is 526 g/mol. The smallest absolute Gasteiger partial charge is 0.387 e. The Morgan fingerprint density at radius 3 is 2.52 bits per heavy atom. The number of rotatable bonds is 8. The molecule has 7 nitrogen and oxygen atoms in total. The predicted molar refractivity (Wildman–Crippen MR) is 118 cm³/mol. The Morgan fingerprint density at radius 2 is 1.90 bits per heavy atom. The van der Waals surface area contributed by atoms with E-state index in [0.717, 1.165) is 26.1 Å². The van der Waals surface area contributed by atoms with Gasteiger partial charge in [-0.2, -0.15) is 8.78 Å². The van der Waals surface area contributed by atoms with Gasteiger partial charge in [-0.1, -0.05) is 6.92 Å². The third-order valence-electron chi connectivity index (χ3n) is 5.08. The van der Waals surface area contributed by atoms with Crippen molar-refractivity contribution in [3.05, 3.63) is 17.7 Å². The lowest BCUT2D eigenvalue weighted by molar-refractivity contribution is -0.0505. The molecule has 29 heavy (non-hydrogen) atoms. The summed E-state index contributed by atoms with van der Waals surface area (Å²) in [6.07, 6.45) is 3.56. The number of alkyl halides is 2. The highest BCUT2D eigenvalue weighted by Crippen LogP contribution is 2.38. The fourth-order valence-corrected chi connectivity index (χ4v) is 3.56. The molecule has 0 aliphatic carbocycles. The van der Waals surface area contributed by atoms with Crippen molar-refractivity contribution in [1.29, 1.82) is 0 Å². The highest BCUT2D eigenvalue weighted by molar-refractivity contribution is 14.0. The van der Waals surface area contributed by atoms with Gasteiger partial charge < -0.3 is 24.8 Å². The molecular formula is C19H29F2IN4O3. The molecule has 2 N–H and O–H groups in total. The summed E-state index contributed by atoms with van der Waals surface area (Å²) in [6.45, 7) is 2.65. The highest BCUT2D eigenvalue weighted by Gasteiger charge is 2.22. The average Bonchev–Trinajstić information content (AvgIpc) is 3.35. The molecule has 0 aromatic heterocycles. The lowest BCUT2D eigenvalue weighted by Crippen LogP contribution is -2.46. The van der Waals surface area contributed by atoms with Crippen LogP contribution >= 0.6 is 24.0 Å². The van der Waals surface area contributed by atoms with Crippen LogP contribution in [0.5, 0.6) is 17.2 Å². The van der Waals surface area contributed by atoms with E-state index in [1.807, 2.05) is 0 Å². The molecule has 0 spiro atoms. The molecule has 0 bridgehead atoms. The summed E-state index contributed by atoms with van der Waals surface area (Å²) in [6, 6.07) is 3.53. The molecule has 1 aromatic rings. The van der Waals surface area contributed by atoms with Gasteiger partial charge in [0.05, 0.1) is 0 Å². The third kappa shape index (κ3) is 6.46. The van der Waals surface area contributed by atoms with Crippen LogP contribution in [0.15, 0.2) is 17.1 Å². The first-order chi connectivity index (χ1) is 13.6. The number of aliphatic imine (C=N–C) groups is 1. The van der Waals surface area contributed by atoms with Gasteiger partial charge in [-0.15, -0.1) is 24.0 Å². The number of benzene rings is 1. The van der Waals surface area contributed by atoms with Gasteiger partial charge in [0.15, 0.2) is 17.5 Å². The normalized spacial score (nSPS) is 17.2. The molecular weight excluding hydrogens is 497 g/mol. The van der Waals surface area contributed by atoms with Crippen molar-refractivity contribution in [3.8, 4) is 17.2 Å². The van der Waals surface area contributed by atoms with Crippen LogP contribution in [0.2, 0.25) is 0 Å². The number of likely N-dealkylation sites (tertiary alicyclic amines) is 1. The fraction of sp³-hybridized carbons (Fsp3) is 0.632. The second kappa shape index (κ2) is 11.6. The van der Waals surface area contributed by atoms with Crippen LogP contribution in [0.4, 0.5) is 8.78 Å². The Kier molecular flexibility index (Phi) is 9.47. The second-order valence-corrected chi connectivity index (χ2v) is 6.80. The molecule has 1 unspecified atom stereocenters. The summed E-state index contributed by atoms with van der Waals surface area (Å²) in [5.41, 5.74) is 0.541. The largest absolute Gasteiger partial charge is 0.454 e. The molecule has 1 aromatic carbocycles. The maximum absolute atomic E-state index is 12.8. The molecule has 0 amide bonds. The number of hydrogen-bond acceptors (Lipinski definition) is 5. The number of ether oxygens (including phenoxy) is 3. The van der Waals surface area contributed by atoms with E-state index in [1.54, 1.807) is 13.1 Å². The Morgan fingerprint density at radius 1 is 1.21 bits per heavy atom. The molecule has 2 aliphatic rings. The number of halogens is 3. The first-order valence-corrected chi connectivity index (χ1v) is 9.66. The molecule has 10 heteroatoms. The van der Waals surface area contributed by atoms with E-state index in [9.17, 15) is 8.78 Å². The van der Waals surface area contributed by atoms with Gasteiger partial charge in [-0.25, -0.2) is 0 Å². The van der Waals surface area contributed by atoms with Crippen LogP contribution in [0, 0.1) is 0 Å². The average molecular weight is 526 g/mol. The standard InChI is InChI=1S/C19H28F2N4O3.HI/c1-3-14(25-6-4-5-7-25)11-24-19(22-2)23-10-13-8-16-17(27-12-26-16)9-15(13)28-18(20)21;/h8-9,14,18H,3-7,10-12H2,1-2H3,(H2,22,23,24);1H. The van der Waals surface area contributed by atoms with Crippen molar-refractivity contribution in [2.45, 2.75) is 45.4 Å². The lowest BCUT2D eigenvalue weighted by Gasteiger charge is -2.27. The zero-order valence-corrected chi connectivity index (χ0v) is 19.1. The van der Waals surface area contributed by atoms with Crippen molar-refractivity contribution in [3.63, 3.8) is 0 Å². The predicted octanol–water partition coefficient (Wildman–Crippen LogP) is 3.17. The molecule has 164 valence electrons. The summed E-state index contributed by atoms with van der Waals surface area (Å²) in [7, 11) is 1.68. The van der Waals surface area contributed by atoms with E-state index in [2.05, 4.69) is 32.2 Å². The van der Waals surface area contributed by atoms with Crippen molar-refractivity contribution < 1.29 is 23.0 Å². The van der Waals surface area contributed by atoms with Gasteiger partial charge in [-0.05, 0) is 38.4 Å². The first-order valence-electron chi connectivity index (χ1n) is 9.66. The minimum absolute atomic E-state index is 0. The molecule has 1 saturated heterocycles. The van der Waals surface area contributed by atoms with Gasteiger partial charge in [-0.3, -0.25) is 9.89 Å². The van der Waals surface area contributed by atoms with Crippen LogP contribution in [0.1, 0.15) is 31.7 Å². The third-order valence-corrected chi connectivity index (χ3v) is 5.08. The SMILES string of the molecule is CCC(CNC(=NC)NCc1cc2c(cc1OC(F)F)OCO2)N1CCCC1.I. The Labute approximate surface area is 187 Å². The molecule has 1 atom stereocenters. The van der Waals surface area contributed by atoms with Crippen LogP contribution in [0.25, 0.3) is 0 Å². The van der Waals surface area contributed by atoms with Gasteiger partial charge in [0.1, 0.15) is 5.75 Å². The fourth-order valence-electron chi connectivity index (χ4n) is 3.56. The second-order valence-electron chi connectivity index (χ2n) is 6.80. The number of guanidine groups is 1. The van der Waals surface area contributed by atoms with E-state index in [4.69, 9.17) is 9.47 Å². The summed E-state index contributed by atoms with van der Waals surface area (Å²) < 4.78 is 40.7. The van der Waals surface area contributed by atoms with E-state index in [1.165, 1.54) is 18.9 Å². The maximum Gasteiger partial charge on any atom is 0.387 e. The van der Waals surface area contributed by atoms with Gasteiger partial charge in [0.2, 0.25) is 6.79 Å². The molecule has 2 heterocycles.